The molecule has 0 spiro atoms. The van der Waals surface area contributed by atoms with Crippen molar-refractivity contribution in [2.45, 2.75) is 24.9 Å². The zero-order chi connectivity index (χ0) is 31.1. The van der Waals surface area contributed by atoms with Gasteiger partial charge >= 0.3 is 5.97 Å². The van der Waals surface area contributed by atoms with E-state index in [9.17, 15) is 19.1 Å². The van der Waals surface area contributed by atoms with Crippen molar-refractivity contribution in [3.05, 3.63) is 75.5 Å². The molecule has 1 aromatic carbocycles. The SMILES string of the molecule is COc1ccnc(OC[C@H]2CCCN2c2cc3c(cc2Cl)c(=O)c(C(=O)O)cn3-c2ccc(N3CC(N(C)C)C3)nc2)c1F. The number of ether oxygens (including phenoxy) is 2. The smallest absolute Gasteiger partial charge is 0.341 e. The van der Waals surface area contributed by atoms with Crippen LogP contribution in [0.25, 0.3) is 16.6 Å². The Kier molecular flexibility index (Phi) is 8.04. The van der Waals surface area contributed by atoms with E-state index in [0.717, 1.165) is 31.7 Å². The Hall–Kier alpha value is -4.42. The number of carbonyl (C=O) groups is 1. The summed E-state index contributed by atoms with van der Waals surface area (Å²) in [4.78, 5) is 40.4. The van der Waals surface area contributed by atoms with Crippen molar-refractivity contribution in [1.82, 2.24) is 19.4 Å². The molecule has 6 rings (SSSR count). The third-order valence-corrected chi connectivity index (χ3v) is 8.67. The molecule has 2 saturated heterocycles. The van der Waals surface area contributed by atoms with Gasteiger partial charge in [-0.1, -0.05) is 11.6 Å². The molecular formula is C31H32ClFN6O5. The van der Waals surface area contributed by atoms with Crippen LogP contribution in [0.2, 0.25) is 5.02 Å². The first-order chi connectivity index (χ1) is 21.2. The zero-order valence-corrected chi connectivity index (χ0v) is 25.3. The number of fused-ring (bicyclic) bond motifs is 1. The Balaban J connectivity index is 1.35. The highest BCUT2D eigenvalue weighted by Gasteiger charge is 2.30. The number of methoxy groups -OCH3 is 1. The van der Waals surface area contributed by atoms with Gasteiger partial charge in [0.15, 0.2) is 5.75 Å². The van der Waals surface area contributed by atoms with E-state index < -0.39 is 17.2 Å². The number of halogens is 2. The first kappa shape index (κ1) is 29.6. The first-order valence-corrected chi connectivity index (χ1v) is 14.6. The van der Waals surface area contributed by atoms with Crippen molar-refractivity contribution in [3.8, 4) is 17.3 Å². The lowest BCUT2D eigenvalue weighted by molar-refractivity contribution is 0.0695. The number of carboxylic acids is 1. The van der Waals surface area contributed by atoms with Crippen LogP contribution < -0.4 is 24.7 Å². The fraction of sp³-hybridized carbons (Fsp3) is 0.355. The minimum atomic E-state index is -1.33. The highest BCUT2D eigenvalue weighted by Crippen LogP contribution is 2.36. The number of pyridine rings is 3. The van der Waals surface area contributed by atoms with Gasteiger partial charge in [0.25, 0.3) is 5.88 Å². The maximum absolute atomic E-state index is 14.6. The van der Waals surface area contributed by atoms with Gasteiger partial charge in [0.2, 0.25) is 11.2 Å². The molecule has 1 atom stereocenters. The van der Waals surface area contributed by atoms with Crippen molar-refractivity contribution in [2.24, 2.45) is 0 Å². The summed E-state index contributed by atoms with van der Waals surface area (Å²) in [6, 6.07) is 8.78. The number of hydrogen-bond acceptors (Lipinski definition) is 9. The standard InChI is InChI=1S/C31H32ClFN6O5/c1-36(2)20-14-37(15-20)27-7-6-18(13-35-27)39-16-22(31(41)42)29(40)21-11-23(32)25(12-24(21)39)38-10-4-5-19(38)17-44-30-28(33)26(43-3)8-9-34-30/h6-9,11-13,16,19-20H,4-5,10,14-15,17H2,1-3H3,(H,41,42)/t19-/m1/s1. The number of rotatable bonds is 9. The summed E-state index contributed by atoms with van der Waals surface area (Å²) in [6.07, 6.45) is 6.03. The Morgan fingerprint density at radius 2 is 2.00 bits per heavy atom. The third-order valence-electron chi connectivity index (χ3n) is 8.37. The van der Waals surface area contributed by atoms with Gasteiger partial charge in [-0.3, -0.25) is 4.79 Å². The highest BCUT2D eigenvalue weighted by atomic mass is 35.5. The molecule has 2 aliphatic rings. The van der Waals surface area contributed by atoms with Crippen molar-refractivity contribution in [3.63, 3.8) is 0 Å². The van der Waals surface area contributed by atoms with E-state index in [-0.39, 0.29) is 35.2 Å². The van der Waals surface area contributed by atoms with Crippen molar-refractivity contribution < 1.29 is 23.8 Å². The molecule has 44 heavy (non-hydrogen) atoms. The molecule has 0 radical (unpaired) electrons. The van der Waals surface area contributed by atoms with Crippen molar-refractivity contribution >= 4 is 40.0 Å². The van der Waals surface area contributed by atoms with Gasteiger partial charge in [0.05, 0.1) is 41.3 Å². The second-order valence-corrected chi connectivity index (χ2v) is 11.6. The van der Waals surface area contributed by atoms with Gasteiger partial charge in [-0.15, -0.1) is 0 Å². The summed E-state index contributed by atoms with van der Waals surface area (Å²) in [5.74, 6) is -1.29. The Morgan fingerprint density at radius 3 is 2.68 bits per heavy atom. The molecule has 3 aromatic heterocycles. The fourth-order valence-electron chi connectivity index (χ4n) is 5.76. The number of hydrogen-bond donors (Lipinski definition) is 1. The summed E-state index contributed by atoms with van der Waals surface area (Å²) >= 11 is 6.76. The van der Waals surface area contributed by atoms with Crippen LogP contribution in [0.15, 0.2) is 53.7 Å². The molecule has 0 bridgehead atoms. The highest BCUT2D eigenvalue weighted by molar-refractivity contribution is 6.34. The maximum Gasteiger partial charge on any atom is 0.341 e. The lowest BCUT2D eigenvalue weighted by atomic mass is 10.1. The molecule has 0 saturated carbocycles. The van der Waals surface area contributed by atoms with Gasteiger partial charge in [0, 0.05) is 49.5 Å². The predicted octanol–water partition coefficient (Wildman–Crippen LogP) is 4.08. The summed E-state index contributed by atoms with van der Waals surface area (Å²) in [7, 11) is 5.48. The van der Waals surface area contributed by atoms with E-state index in [4.69, 9.17) is 21.1 Å². The molecule has 1 N–H and O–H groups in total. The van der Waals surface area contributed by atoms with E-state index in [1.807, 2.05) is 12.1 Å². The van der Waals surface area contributed by atoms with Crippen LogP contribution in [-0.2, 0) is 0 Å². The minimum Gasteiger partial charge on any atom is -0.493 e. The van der Waals surface area contributed by atoms with Crippen molar-refractivity contribution in [1.29, 1.82) is 0 Å². The number of likely N-dealkylation sites (N-methyl/N-ethyl adjacent to an activating group) is 1. The van der Waals surface area contributed by atoms with Crippen LogP contribution >= 0.6 is 11.6 Å². The second-order valence-electron chi connectivity index (χ2n) is 11.2. The van der Waals surface area contributed by atoms with Crippen LogP contribution in [0, 0.1) is 5.82 Å². The molecular weight excluding hydrogens is 591 g/mol. The first-order valence-electron chi connectivity index (χ1n) is 14.2. The van der Waals surface area contributed by atoms with Crippen LogP contribution in [0.4, 0.5) is 15.9 Å². The Labute approximate surface area is 258 Å². The molecule has 13 heteroatoms. The molecule has 11 nitrogen and oxygen atoms in total. The van der Waals surface area contributed by atoms with Crippen LogP contribution in [0.5, 0.6) is 11.6 Å². The molecule has 0 unspecified atom stereocenters. The number of anilines is 2. The van der Waals surface area contributed by atoms with Gasteiger partial charge < -0.3 is 33.8 Å². The van der Waals surface area contributed by atoms with Crippen LogP contribution in [0.3, 0.4) is 0 Å². The lowest BCUT2D eigenvalue weighted by Crippen LogP contribution is -2.57. The zero-order valence-electron chi connectivity index (χ0n) is 24.5. The molecule has 2 fully saturated rings. The number of aromatic nitrogens is 3. The molecule has 2 aliphatic heterocycles. The van der Waals surface area contributed by atoms with Crippen LogP contribution in [0.1, 0.15) is 23.2 Å². The van der Waals surface area contributed by atoms with Gasteiger partial charge in [0.1, 0.15) is 18.0 Å². The van der Waals surface area contributed by atoms with E-state index in [1.54, 1.807) is 16.8 Å². The van der Waals surface area contributed by atoms with Crippen LogP contribution in [-0.4, -0.2) is 90.0 Å². The number of carboxylic acid groups (broad SMARTS) is 1. The molecule has 0 amide bonds. The van der Waals surface area contributed by atoms with E-state index >= 15 is 0 Å². The van der Waals surface area contributed by atoms with E-state index in [1.165, 1.54) is 31.6 Å². The van der Waals surface area contributed by atoms with Crippen molar-refractivity contribution in [2.75, 3.05) is 57.2 Å². The Morgan fingerprint density at radius 1 is 1.20 bits per heavy atom. The monoisotopic (exact) mass is 622 g/mol. The summed E-state index contributed by atoms with van der Waals surface area (Å²) in [5.41, 5.74) is 0.735. The number of benzene rings is 1. The van der Waals surface area contributed by atoms with Gasteiger partial charge in [-0.05, 0) is 51.2 Å². The summed E-state index contributed by atoms with van der Waals surface area (Å²) in [6.45, 7) is 2.54. The molecule has 4 aromatic rings. The summed E-state index contributed by atoms with van der Waals surface area (Å²) < 4.78 is 27.1. The maximum atomic E-state index is 14.6. The fourth-order valence-corrected chi connectivity index (χ4v) is 6.04. The number of aromatic carboxylic acids is 1. The lowest BCUT2D eigenvalue weighted by Gasteiger charge is -2.43. The van der Waals surface area contributed by atoms with Gasteiger partial charge in [-0.25, -0.2) is 14.8 Å². The second kappa shape index (κ2) is 11.9. The minimum absolute atomic E-state index is 0.0414. The van der Waals surface area contributed by atoms with Gasteiger partial charge in [-0.2, -0.15) is 4.39 Å². The molecule has 0 aliphatic carbocycles. The topological polar surface area (TPSA) is 113 Å². The third kappa shape index (κ3) is 5.39. The average Bonchev–Trinajstić information content (AvgIpc) is 3.44. The Bertz CT molecular complexity index is 1780. The predicted molar refractivity (Wildman–Crippen MR) is 166 cm³/mol. The quantitative estimate of drug-likeness (QED) is 0.293. The molecule has 230 valence electrons. The van der Waals surface area contributed by atoms with E-state index in [2.05, 4.69) is 38.8 Å². The normalized spacial score (nSPS) is 16.9. The summed E-state index contributed by atoms with van der Waals surface area (Å²) in [5, 5.41) is 10.3. The van der Waals surface area contributed by atoms with E-state index in [0.29, 0.717) is 34.5 Å². The number of nitrogens with zero attached hydrogens (tertiary/aromatic N) is 6. The largest absolute Gasteiger partial charge is 0.493 e. The average molecular weight is 623 g/mol. The molecule has 5 heterocycles.